The fourth-order valence-corrected chi connectivity index (χ4v) is 3.98. The number of ketones is 1. The Labute approximate surface area is 138 Å². The van der Waals surface area contributed by atoms with E-state index in [1.54, 1.807) is 18.2 Å². The molecule has 0 aromatic heterocycles. The van der Waals surface area contributed by atoms with Gasteiger partial charge in [0.15, 0.2) is 5.78 Å². The Hall–Kier alpha value is -0.430. The molecule has 1 aromatic rings. The predicted molar refractivity (Wildman–Crippen MR) is 87.2 cm³/mol. The van der Waals surface area contributed by atoms with Crippen molar-refractivity contribution in [2.24, 2.45) is 5.92 Å². The minimum atomic E-state index is -3.17. The molecule has 4 nitrogen and oxygen atoms in total. The molecule has 1 heterocycles. The standard InChI is InChI=1S/C14H17BrClNO3S/c1-21(19,20)17-6-2-3-10(9-17)7-14(18)11-4-5-13(16)12(15)8-11/h4-5,8,10H,2-3,6-7,9H2,1H3. The van der Waals surface area contributed by atoms with E-state index < -0.39 is 10.0 Å². The lowest BCUT2D eigenvalue weighted by Crippen LogP contribution is -2.39. The normalized spacial score (nSPS) is 20.4. The van der Waals surface area contributed by atoms with E-state index in [1.807, 2.05) is 0 Å². The van der Waals surface area contributed by atoms with E-state index in [4.69, 9.17) is 11.6 Å². The molecule has 21 heavy (non-hydrogen) atoms. The molecule has 1 fully saturated rings. The predicted octanol–water partition coefficient (Wildman–Crippen LogP) is 3.35. The van der Waals surface area contributed by atoms with Gasteiger partial charge in [-0.15, -0.1) is 0 Å². The molecule has 7 heteroatoms. The van der Waals surface area contributed by atoms with Crippen molar-refractivity contribution in [3.63, 3.8) is 0 Å². The topological polar surface area (TPSA) is 54.5 Å². The van der Waals surface area contributed by atoms with Gasteiger partial charge in [-0.25, -0.2) is 12.7 Å². The number of carbonyl (C=O) groups excluding carboxylic acids is 1. The Morgan fingerprint density at radius 1 is 1.48 bits per heavy atom. The summed E-state index contributed by atoms with van der Waals surface area (Å²) >= 11 is 9.22. The number of hydrogen-bond donors (Lipinski definition) is 0. The lowest BCUT2D eigenvalue weighted by Gasteiger charge is -2.30. The van der Waals surface area contributed by atoms with Gasteiger partial charge in [0, 0.05) is 29.5 Å². The maximum Gasteiger partial charge on any atom is 0.211 e. The van der Waals surface area contributed by atoms with Crippen LogP contribution in [-0.2, 0) is 10.0 Å². The van der Waals surface area contributed by atoms with Crippen LogP contribution in [0.2, 0.25) is 5.02 Å². The van der Waals surface area contributed by atoms with Crippen molar-refractivity contribution in [2.45, 2.75) is 19.3 Å². The molecule has 2 rings (SSSR count). The molecule has 0 aliphatic carbocycles. The molecule has 0 spiro atoms. The second-order valence-electron chi connectivity index (χ2n) is 5.39. The van der Waals surface area contributed by atoms with Crippen LogP contribution in [0, 0.1) is 5.92 Å². The zero-order chi connectivity index (χ0) is 15.6. The van der Waals surface area contributed by atoms with E-state index in [0.29, 0.717) is 34.6 Å². The van der Waals surface area contributed by atoms with Crippen molar-refractivity contribution in [1.29, 1.82) is 0 Å². The first-order chi connectivity index (χ1) is 9.77. The van der Waals surface area contributed by atoms with Gasteiger partial charge in [0.25, 0.3) is 0 Å². The molecule has 1 aromatic carbocycles. The highest BCUT2D eigenvalue weighted by Crippen LogP contribution is 2.26. The second-order valence-corrected chi connectivity index (χ2v) is 8.63. The van der Waals surface area contributed by atoms with Gasteiger partial charge in [0.1, 0.15) is 0 Å². The molecule has 1 aliphatic rings. The molecule has 0 radical (unpaired) electrons. The van der Waals surface area contributed by atoms with Gasteiger partial charge < -0.3 is 0 Å². The first-order valence-electron chi connectivity index (χ1n) is 6.71. The highest BCUT2D eigenvalue weighted by molar-refractivity contribution is 9.10. The number of rotatable bonds is 4. The maximum atomic E-state index is 12.3. The molecule has 116 valence electrons. The zero-order valence-corrected chi connectivity index (χ0v) is 14.8. The average Bonchev–Trinajstić information content (AvgIpc) is 2.41. The summed E-state index contributed by atoms with van der Waals surface area (Å²) in [5, 5.41) is 0.562. The summed E-state index contributed by atoms with van der Waals surface area (Å²) in [4.78, 5) is 12.3. The van der Waals surface area contributed by atoms with E-state index in [0.717, 1.165) is 12.8 Å². The summed E-state index contributed by atoms with van der Waals surface area (Å²) in [6, 6.07) is 5.09. The number of nitrogens with zero attached hydrogens (tertiary/aromatic N) is 1. The number of hydrogen-bond acceptors (Lipinski definition) is 3. The van der Waals surface area contributed by atoms with Crippen LogP contribution in [0.15, 0.2) is 22.7 Å². The van der Waals surface area contributed by atoms with Crippen molar-refractivity contribution in [2.75, 3.05) is 19.3 Å². The largest absolute Gasteiger partial charge is 0.294 e. The molecule has 1 aliphatic heterocycles. The Morgan fingerprint density at radius 3 is 2.81 bits per heavy atom. The fourth-order valence-electron chi connectivity index (χ4n) is 2.54. The quantitative estimate of drug-likeness (QED) is 0.736. The Morgan fingerprint density at radius 2 is 2.19 bits per heavy atom. The van der Waals surface area contributed by atoms with Gasteiger partial charge in [-0.1, -0.05) is 11.6 Å². The Balaban J connectivity index is 2.03. The van der Waals surface area contributed by atoms with Crippen LogP contribution in [-0.4, -0.2) is 37.9 Å². The molecule has 0 N–H and O–H groups in total. The van der Waals surface area contributed by atoms with Gasteiger partial charge in [-0.05, 0) is 52.9 Å². The Bertz CT molecular complexity index is 648. The number of carbonyl (C=O) groups is 1. The lowest BCUT2D eigenvalue weighted by atomic mass is 9.92. The summed E-state index contributed by atoms with van der Waals surface area (Å²) in [5.41, 5.74) is 0.600. The minimum absolute atomic E-state index is 0.0210. The van der Waals surface area contributed by atoms with Crippen molar-refractivity contribution in [3.8, 4) is 0 Å². The third-order valence-corrected chi connectivity index (χ3v) is 6.15. The summed E-state index contributed by atoms with van der Waals surface area (Å²) in [6.07, 6.45) is 3.26. The third kappa shape index (κ3) is 4.52. The highest BCUT2D eigenvalue weighted by Gasteiger charge is 2.27. The number of Topliss-reactive ketones (excluding diaryl/α,β-unsaturated/α-hetero) is 1. The van der Waals surface area contributed by atoms with E-state index in [1.165, 1.54) is 10.6 Å². The number of sulfonamides is 1. The van der Waals surface area contributed by atoms with Gasteiger partial charge in [0.05, 0.1) is 11.3 Å². The van der Waals surface area contributed by atoms with E-state index in [-0.39, 0.29) is 11.7 Å². The van der Waals surface area contributed by atoms with Gasteiger partial charge >= 0.3 is 0 Å². The molecular weight excluding hydrogens is 378 g/mol. The molecule has 0 saturated carbocycles. The van der Waals surface area contributed by atoms with Gasteiger partial charge in [0.2, 0.25) is 10.0 Å². The first kappa shape index (κ1) is 16.9. The van der Waals surface area contributed by atoms with Crippen molar-refractivity contribution in [3.05, 3.63) is 33.3 Å². The summed E-state index contributed by atoms with van der Waals surface area (Å²) in [7, 11) is -3.17. The minimum Gasteiger partial charge on any atom is -0.294 e. The third-order valence-electron chi connectivity index (χ3n) is 3.67. The lowest BCUT2D eigenvalue weighted by molar-refractivity contribution is 0.0942. The van der Waals surface area contributed by atoms with E-state index in [2.05, 4.69) is 15.9 Å². The van der Waals surface area contributed by atoms with Gasteiger partial charge in [-0.3, -0.25) is 4.79 Å². The summed E-state index contributed by atoms with van der Waals surface area (Å²) < 4.78 is 25.3. The molecule has 0 amide bonds. The van der Waals surface area contributed by atoms with Gasteiger partial charge in [-0.2, -0.15) is 0 Å². The summed E-state index contributed by atoms with van der Waals surface area (Å²) in [5.74, 6) is 0.100. The van der Waals surface area contributed by atoms with Crippen LogP contribution in [0.5, 0.6) is 0 Å². The maximum absolute atomic E-state index is 12.3. The van der Waals surface area contributed by atoms with Crippen LogP contribution >= 0.6 is 27.5 Å². The Kier molecular flexibility index (Phi) is 5.46. The molecular formula is C14H17BrClNO3S. The van der Waals surface area contributed by atoms with Crippen molar-refractivity contribution in [1.82, 2.24) is 4.31 Å². The zero-order valence-electron chi connectivity index (χ0n) is 11.7. The first-order valence-corrected chi connectivity index (χ1v) is 9.72. The van der Waals surface area contributed by atoms with Crippen molar-refractivity contribution < 1.29 is 13.2 Å². The van der Waals surface area contributed by atoms with E-state index >= 15 is 0 Å². The average molecular weight is 395 g/mol. The SMILES string of the molecule is CS(=O)(=O)N1CCCC(CC(=O)c2ccc(Cl)c(Br)c2)C1. The number of piperidine rings is 1. The monoisotopic (exact) mass is 393 g/mol. The fraction of sp³-hybridized carbons (Fsp3) is 0.500. The van der Waals surface area contributed by atoms with E-state index in [9.17, 15) is 13.2 Å². The molecule has 1 saturated heterocycles. The van der Waals surface area contributed by atoms with Crippen LogP contribution < -0.4 is 0 Å². The highest BCUT2D eigenvalue weighted by atomic mass is 79.9. The van der Waals surface area contributed by atoms with Crippen LogP contribution in [0.3, 0.4) is 0 Å². The second kappa shape index (κ2) is 6.77. The van der Waals surface area contributed by atoms with Crippen LogP contribution in [0.25, 0.3) is 0 Å². The molecule has 1 atom stereocenters. The summed E-state index contributed by atoms with van der Waals surface area (Å²) in [6.45, 7) is 0.981. The smallest absolute Gasteiger partial charge is 0.211 e. The van der Waals surface area contributed by atoms with Crippen LogP contribution in [0.4, 0.5) is 0 Å². The molecule has 1 unspecified atom stereocenters. The number of halogens is 2. The van der Waals surface area contributed by atoms with Crippen molar-refractivity contribution >= 4 is 43.3 Å². The van der Waals surface area contributed by atoms with Crippen LogP contribution in [0.1, 0.15) is 29.6 Å². The number of benzene rings is 1. The molecule has 0 bridgehead atoms.